The number of hydrogen-bond acceptors (Lipinski definition) is 3. The molecule has 2 rings (SSSR count). The summed E-state index contributed by atoms with van der Waals surface area (Å²) in [4.78, 5) is 0. The lowest BCUT2D eigenvalue weighted by atomic mass is 9.76. The third kappa shape index (κ3) is 1.18. The number of hydrogen-bond donors (Lipinski definition) is 1. The molecule has 0 aromatic carbocycles. The Balaban J connectivity index is 2.18. The molecule has 1 N–H and O–H groups in total. The summed E-state index contributed by atoms with van der Waals surface area (Å²) in [6.07, 6.45) is 2.41. The van der Waals surface area contributed by atoms with E-state index < -0.39 is 0 Å². The molecular weight excluding hydrogens is 176 g/mol. The molecule has 3 nitrogen and oxygen atoms in total. The quantitative estimate of drug-likeness (QED) is 0.720. The molecule has 3 atom stereocenters. The van der Waals surface area contributed by atoms with Crippen LogP contribution >= 0.6 is 0 Å². The van der Waals surface area contributed by atoms with Gasteiger partial charge in [-0.25, -0.2) is 0 Å². The van der Waals surface area contributed by atoms with Crippen LogP contribution in [0.25, 0.3) is 0 Å². The molecule has 0 aromatic rings. The van der Waals surface area contributed by atoms with Crippen LogP contribution in [0.15, 0.2) is 0 Å². The third-order valence-electron chi connectivity index (χ3n) is 4.08. The molecule has 0 amide bonds. The van der Waals surface area contributed by atoms with Gasteiger partial charge in [0, 0.05) is 18.0 Å². The number of rotatable bonds is 2. The van der Waals surface area contributed by atoms with Crippen molar-refractivity contribution in [1.29, 1.82) is 5.26 Å². The van der Waals surface area contributed by atoms with E-state index in [1.165, 1.54) is 0 Å². The molecule has 3 unspecified atom stereocenters. The van der Waals surface area contributed by atoms with Gasteiger partial charge in [-0.1, -0.05) is 13.8 Å². The molecule has 0 saturated carbocycles. The summed E-state index contributed by atoms with van der Waals surface area (Å²) in [5.41, 5.74) is 0.274. The molecule has 2 aliphatic heterocycles. The van der Waals surface area contributed by atoms with Crippen LogP contribution in [0.2, 0.25) is 0 Å². The minimum Gasteiger partial charge on any atom is -0.375 e. The van der Waals surface area contributed by atoms with E-state index >= 15 is 0 Å². The summed E-state index contributed by atoms with van der Waals surface area (Å²) >= 11 is 0. The van der Waals surface area contributed by atoms with E-state index in [9.17, 15) is 0 Å². The highest BCUT2D eigenvalue weighted by Gasteiger charge is 2.53. The maximum Gasteiger partial charge on any atom is 0.0904 e. The summed E-state index contributed by atoms with van der Waals surface area (Å²) < 4.78 is 5.79. The Hall–Kier alpha value is -0.590. The van der Waals surface area contributed by atoms with Gasteiger partial charge in [0.2, 0.25) is 0 Å². The van der Waals surface area contributed by atoms with Gasteiger partial charge in [-0.2, -0.15) is 5.26 Å². The van der Waals surface area contributed by atoms with Crippen LogP contribution in [0, 0.1) is 22.7 Å². The Labute approximate surface area is 85.4 Å². The Kier molecular flexibility index (Phi) is 2.50. The number of nitriles is 1. The molecule has 78 valence electrons. The lowest BCUT2D eigenvalue weighted by Gasteiger charge is -2.30. The molecule has 3 heteroatoms. The standard InChI is InChI=1S/C11H18N2O/c1-3-11(4-2)7-14-9-8(5-12)6-13-10(9)11/h8-10,13H,3-4,6-7H2,1-2H3. The fraction of sp³-hybridized carbons (Fsp3) is 0.909. The van der Waals surface area contributed by atoms with Crippen LogP contribution in [0.1, 0.15) is 26.7 Å². The van der Waals surface area contributed by atoms with Crippen molar-refractivity contribution in [2.45, 2.75) is 38.8 Å². The monoisotopic (exact) mass is 194 g/mol. The molecule has 2 aliphatic rings. The van der Waals surface area contributed by atoms with E-state index in [1.807, 2.05) is 0 Å². The Morgan fingerprint density at radius 3 is 2.79 bits per heavy atom. The lowest BCUT2D eigenvalue weighted by Crippen LogP contribution is -2.42. The molecule has 0 bridgehead atoms. The van der Waals surface area contributed by atoms with E-state index in [4.69, 9.17) is 10.00 Å². The Morgan fingerprint density at radius 2 is 2.21 bits per heavy atom. The van der Waals surface area contributed by atoms with Crippen molar-refractivity contribution >= 4 is 0 Å². The van der Waals surface area contributed by atoms with Crippen LogP contribution in [0.4, 0.5) is 0 Å². The van der Waals surface area contributed by atoms with Crippen molar-refractivity contribution < 1.29 is 4.74 Å². The van der Waals surface area contributed by atoms with Crippen LogP contribution in [0.5, 0.6) is 0 Å². The predicted molar refractivity (Wildman–Crippen MR) is 53.6 cm³/mol. The number of nitrogens with zero attached hydrogens (tertiary/aromatic N) is 1. The van der Waals surface area contributed by atoms with Crippen molar-refractivity contribution in [3.8, 4) is 6.07 Å². The van der Waals surface area contributed by atoms with Gasteiger partial charge < -0.3 is 10.1 Å². The molecule has 0 radical (unpaired) electrons. The van der Waals surface area contributed by atoms with Crippen molar-refractivity contribution in [2.24, 2.45) is 11.3 Å². The van der Waals surface area contributed by atoms with Crippen LogP contribution in [-0.4, -0.2) is 25.3 Å². The van der Waals surface area contributed by atoms with Gasteiger partial charge in [-0.05, 0) is 12.8 Å². The summed E-state index contributed by atoms with van der Waals surface area (Å²) in [6, 6.07) is 2.74. The molecule has 0 aromatic heterocycles. The van der Waals surface area contributed by atoms with E-state index in [0.717, 1.165) is 26.0 Å². The maximum atomic E-state index is 8.96. The van der Waals surface area contributed by atoms with Crippen molar-refractivity contribution in [1.82, 2.24) is 5.32 Å². The smallest absolute Gasteiger partial charge is 0.0904 e. The first-order chi connectivity index (χ1) is 6.77. The molecule has 2 saturated heterocycles. The molecule has 14 heavy (non-hydrogen) atoms. The van der Waals surface area contributed by atoms with Crippen molar-refractivity contribution in [3.05, 3.63) is 0 Å². The minimum absolute atomic E-state index is 0.0555. The predicted octanol–water partition coefficient (Wildman–Crippen LogP) is 1.30. The number of nitrogens with one attached hydrogen (secondary N) is 1. The first-order valence-corrected chi connectivity index (χ1v) is 5.52. The summed E-state index contributed by atoms with van der Waals surface area (Å²) in [5, 5.41) is 12.4. The first-order valence-electron chi connectivity index (χ1n) is 5.52. The van der Waals surface area contributed by atoms with Crippen molar-refractivity contribution in [3.63, 3.8) is 0 Å². The van der Waals surface area contributed by atoms with Crippen LogP contribution < -0.4 is 5.32 Å². The summed E-state index contributed by atoms with van der Waals surface area (Å²) in [7, 11) is 0. The zero-order valence-corrected chi connectivity index (χ0v) is 8.92. The highest BCUT2D eigenvalue weighted by molar-refractivity contribution is 5.11. The Bertz CT molecular complexity index is 255. The molecule has 2 heterocycles. The fourth-order valence-corrected chi connectivity index (χ4v) is 2.86. The molecule has 0 spiro atoms. The summed E-state index contributed by atoms with van der Waals surface area (Å²) in [5.74, 6) is 0.0555. The zero-order chi connectivity index (χ0) is 10.2. The van der Waals surface area contributed by atoms with E-state index in [-0.39, 0.29) is 17.4 Å². The number of ether oxygens (including phenoxy) is 1. The highest BCUT2D eigenvalue weighted by atomic mass is 16.5. The normalized spacial score (nSPS) is 39.4. The van der Waals surface area contributed by atoms with Crippen LogP contribution in [0.3, 0.4) is 0 Å². The maximum absolute atomic E-state index is 8.96. The number of fused-ring (bicyclic) bond motifs is 1. The topological polar surface area (TPSA) is 45.0 Å². The van der Waals surface area contributed by atoms with Gasteiger partial charge in [0.05, 0.1) is 24.7 Å². The zero-order valence-electron chi connectivity index (χ0n) is 8.92. The minimum atomic E-state index is 0.0555. The van der Waals surface area contributed by atoms with Gasteiger partial charge in [0.1, 0.15) is 0 Å². The van der Waals surface area contributed by atoms with Crippen LogP contribution in [-0.2, 0) is 4.74 Å². The summed E-state index contributed by atoms with van der Waals surface area (Å²) in [6.45, 7) is 6.06. The lowest BCUT2D eigenvalue weighted by molar-refractivity contribution is 0.0773. The first kappa shape index (κ1) is 9.95. The fourth-order valence-electron chi connectivity index (χ4n) is 2.86. The molecule has 0 aliphatic carbocycles. The second kappa shape index (κ2) is 3.52. The molecule has 2 fully saturated rings. The molecular formula is C11H18N2O. The second-order valence-corrected chi connectivity index (χ2v) is 4.47. The van der Waals surface area contributed by atoms with Gasteiger partial charge in [0.25, 0.3) is 0 Å². The Morgan fingerprint density at radius 1 is 1.50 bits per heavy atom. The average Bonchev–Trinajstić information content (AvgIpc) is 2.77. The van der Waals surface area contributed by atoms with Gasteiger partial charge in [0.15, 0.2) is 0 Å². The van der Waals surface area contributed by atoms with Gasteiger partial charge in [-0.15, -0.1) is 0 Å². The van der Waals surface area contributed by atoms with Crippen molar-refractivity contribution in [2.75, 3.05) is 13.2 Å². The third-order valence-corrected chi connectivity index (χ3v) is 4.08. The van der Waals surface area contributed by atoms with Gasteiger partial charge >= 0.3 is 0 Å². The second-order valence-electron chi connectivity index (χ2n) is 4.47. The van der Waals surface area contributed by atoms with Gasteiger partial charge in [-0.3, -0.25) is 0 Å². The largest absolute Gasteiger partial charge is 0.375 e. The van der Waals surface area contributed by atoms with E-state index in [1.54, 1.807) is 0 Å². The average molecular weight is 194 g/mol. The van der Waals surface area contributed by atoms with E-state index in [2.05, 4.69) is 25.2 Å². The highest BCUT2D eigenvalue weighted by Crippen LogP contribution is 2.43. The SMILES string of the molecule is CCC1(CC)COC2C(C#N)CNC21. The van der Waals surface area contributed by atoms with E-state index in [0.29, 0.717) is 6.04 Å².